The summed E-state index contributed by atoms with van der Waals surface area (Å²) < 4.78 is 0. The maximum Gasteiger partial charge on any atom is 0.243 e. The zero-order valence-electron chi connectivity index (χ0n) is 22.1. The minimum absolute atomic E-state index is 0.0135. The fraction of sp³-hybridized carbons (Fsp3) is 0.273. The van der Waals surface area contributed by atoms with E-state index in [2.05, 4.69) is 29.6 Å². The first-order valence-electron chi connectivity index (χ1n) is 13.3. The molecule has 196 valence electrons. The van der Waals surface area contributed by atoms with Crippen LogP contribution in [0.15, 0.2) is 97.1 Å². The van der Waals surface area contributed by atoms with Crippen molar-refractivity contribution in [3.05, 3.63) is 119 Å². The molecule has 38 heavy (non-hydrogen) atoms. The summed E-state index contributed by atoms with van der Waals surface area (Å²) in [4.78, 5) is 29.3. The van der Waals surface area contributed by atoms with Crippen molar-refractivity contribution in [1.82, 2.24) is 10.2 Å². The van der Waals surface area contributed by atoms with Crippen LogP contribution in [-0.2, 0) is 29.0 Å². The Labute approximate surface area is 230 Å². The summed E-state index contributed by atoms with van der Waals surface area (Å²) in [6.45, 7) is 4.33. The summed E-state index contributed by atoms with van der Waals surface area (Å²) in [5, 5.41) is 6.04. The second-order valence-corrected chi connectivity index (χ2v) is 10.2. The zero-order valence-corrected chi connectivity index (χ0v) is 22.8. The van der Waals surface area contributed by atoms with Gasteiger partial charge in [0.2, 0.25) is 11.8 Å². The third-order valence-corrected chi connectivity index (χ3v) is 7.24. The van der Waals surface area contributed by atoms with Crippen molar-refractivity contribution in [1.29, 1.82) is 0 Å². The van der Waals surface area contributed by atoms with E-state index in [9.17, 15) is 9.59 Å². The SMILES string of the molecule is CC[C@@H](C)NC(=O)[C@@H](Cc1ccccc1)N(Cc1cccc(Cl)c1)C(=O)CCc1cccc2ccccc12. The van der Waals surface area contributed by atoms with Crippen LogP contribution in [0, 0.1) is 0 Å². The molecular weight excluding hydrogens is 492 g/mol. The predicted octanol–water partition coefficient (Wildman–Crippen LogP) is 6.98. The van der Waals surface area contributed by atoms with Crippen LogP contribution in [0.3, 0.4) is 0 Å². The van der Waals surface area contributed by atoms with Crippen molar-refractivity contribution in [3.63, 3.8) is 0 Å². The maximum absolute atomic E-state index is 13.9. The standard InChI is InChI=1S/C33H35ClN2O2/c1-3-24(2)35-33(38)31(22-25-11-5-4-6-12-25)36(23-26-13-9-17-29(34)21-26)32(37)20-19-28-16-10-15-27-14-7-8-18-30(27)28/h4-18,21,24,31H,3,19-20,22-23H2,1-2H3,(H,35,38)/t24-,31-/m1/s1. The Morgan fingerprint density at radius 2 is 1.55 bits per heavy atom. The molecule has 0 unspecified atom stereocenters. The molecule has 4 aromatic carbocycles. The van der Waals surface area contributed by atoms with Gasteiger partial charge in [0.05, 0.1) is 0 Å². The average Bonchev–Trinajstić information content (AvgIpc) is 2.94. The summed E-state index contributed by atoms with van der Waals surface area (Å²) in [5.41, 5.74) is 3.03. The summed E-state index contributed by atoms with van der Waals surface area (Å²) in [6, 6.07) is 31.2. The molecule has 0 radical (unpaired) electrons. The molecule has 0 bridgehead atoms. The number of benzene rings is 4. The number of rotatable bonds is 11. The number of carbonyl (C=O) groups is 2. The van der Waals surface area contributed by atoms with Crippen LogP contribution < -0.4 is 5.32 Å². The molecule has 0 aliphatic rings. The fourth-order valence-corrected chi connectivity index (χ4v) is 4.94. The Kier molecular flexibility index (Phi) is 9.56. The highest BCUT2D eigenvalue weighted by Crippen LogP contribution is 2.22. The molecule has 4 aromatic rings. The Hall–Kier alpha value is -3.63. The summed E-state index contributed by atoms with van der Waals surface area (Å²) in [6.07, 6.45) is 2.14. The van der Waals surface area contributed by atoms with Gasteiger partial charge in [-0.25, -0.2) is 0 Å². The number of nitrogens with zero attached hydrogens (tertiary/aromatic N) is 1. The van der Waals surface area contributed by atoms with Gasteiger partial charge in [-0.2, -0.15) is 0 Å². The van der Waals surface area contributed by atoms with Gasteiger partial charge >= 0.3 is 0 Å². The molecule has 1 N–H and O–H groups in total. The largest absolute Gasteiger partial charge is 0.352 e. The quantitative estimate of drug-likeness (QED) is 0.229. The van der Waals surface area contributed by atoms with Gasteiger partial charge in [-0.15, -0.1) is 0 Å². The lowest BCUT2D eigenvalue weighted by Gasteiger charge is -2.32. The lowest BCUT2D eigenvalue weighted by atomic mass is 9.99. The topological polar surface area (TPSA) is 49.4 Å². The van der Waals surface area contributed by atoms with Gasteiger partial charge in [0.15, 0.2) is 0 Å². The minimum atomic E-state index is -0.648. The van der Waals surface area contributed by atoms with Crippen molar-refractivity contribution in [3.8, 4) is 0 Å². The lowest BCUT2D eigenvalue weighted by Crippen LogP contribution is -2.52. The number of hydrogen-bond acceptors (Lipinski definition) is 2. The Morgan fingerprint density at radius 1 is 0.868 bits per heavy atom. The van der Waals surface area contributed by atoms with Gasteiger partial charge < -0.3 is 10.2 Å². The first kappa shape index (κ1) is 27.4. The van der Waals surface area contributed by atoms with Crippen molar-refractivity contribution in [2.45, 2.75) is 58.2 Å². The first-order chi connectivity index (χ1) is 18.4. The second kappa shape index (κ2) is 13.3. The normalized spacial score (nSPS) is 12.6. The third-order valence-electron chi connectivity index (χ3n) is 7.00. The number of carbonyl (C=O) groups excluding carboxylic acids is 2. The van der Waals surface area contributed by atoms with E-state index in [-0.39, 0.29) is 17.9 Å². The minimum Gasteiger partial charge on any atom is -0.352 e. The van der Waals surface area contributed by atoms with Crippen LogP contribution in [0.1, 0.15) is 43.4 Å². The fourth-order valence-electron chi connectivity index (χ4n) is 4.72. The first-order valence-corrected chi connectivity index (χ1v) is 13.7. The van der Waals surface area contributed by atoms with E-state index in [1.165, 1.54) is 0 Å². The Morgan fingerprint density at radius 3 is 2.32 bits per heavy atom. The van der Waals surface area contributed by atoms with Crippen LogP contribution in [0.5, 0.6) is 0 Å². The molecule has 0 aliphatic carbocycles. The third kappa shape index (κ3) is 7.23. The number of halogens is 1. The van der Waals surface area contributed by atoms with E-state index in [0.717, 1.165) is 33.9 Å². The van der Waals surface area contributed by atoms with Crippen LogP contribution in [0.25, 0.3) is 10.8 Å². The Bertz CT molecular complexity index is 1370. The number of aryl methyl sites for hydroxylation is 1. The zero-order chi connectivity index (χ0) is 26.9. The van der Waals surface area contributed by atoms with E-state index in [1.54, 1.807) is 4.90 Å². The average molecular weight is 527 g/mol. The van der Waals surface area contributed by atoms with Gasteiger partial charge in [0.25, 0.3) is 0 Å². The molecule has 2 atom stereocenters. The van der Waals surface area contributed by atoms with Gasteiger partial charge in [0, 0.05) is 30.5 Å². The van der Waals surface area contributed by atoms with Crippen LogP contribution in [0.2, 0.25) is 5.02 Å². The monoisotopic (exact) mass is 526 g/mol. The predicted molar refractivity (Wildman–Crippen MR) is 156 cm³/mol. The molecule has 4 nitrogen and oxygen atoms in total. The van der Waals surface area contributed by atoms with Crippen molar-refractivity contribution in [2.24, 2.45) is 0 Å². The highest BCUT2D eigenvalue weighted by molar-refractivity contribution is 6.30. The molecule has 0 heterocycles. The lowest BCUT2D eigenvalue weighted by molar-refractivity contribution is -0.141. The number of nitrogens with one attached hydrogen (secondary N) is 1. The van der Waals surface area contributed by atoms with Crippen molar-refractivity contribution >= 4 is 34.2 Å². The van der Waals surface area contributed by atoms with Gasteiger partial charge in [-0.1, -0.05) is 103 Å². The molecule has 0 saturated carbocycles. The molecular formula is C33H35ClN2O2. The molecule has 0 aromatic heterocycles. The van der Waals surface area contributed by atoms with Gasteiger partial charge in [-0.3, -0.25) is 9.59 Å². The number of fused-ring (bicyclic) bond motifs is 1. The van der Waals surface area contributed by atoms with E-state index in [1.807, 2.05) is 86.6 Å². The molecule has 5 heteroatoms. The molecule has 0 fully saturated rings. The summed E-state index contributed by atoms with van der Waals surface area (Å²) in [7, 11) is 0. The highest BCUT2D eigenvalue weighted by atomic mass is 35.5. The van der Waals surface area contributed by atoms with Gasteiger partial charge in [-0.05, 0) is 59.4 Å². The van der Waals surface area contributed by atoms with Crippen LogP contribution in [-0.4, -0.2) is 28.8 Å². The second-order valence-electron chi connectivity index (χ2n) is 9.81. The molecule has 0 aliphatic heterocycles. The summed E-state index contributed by atoms with van der Waals surface area (Å²) >= 11 is 6.28. The Balaban J connectivity index is 1.65. The van der Waals surface area contributed by atoms with E-state index in [0.29, 0.717) is 30.8 Å². The molecule has 0 spiro atoms. The number of hydrogen-bond donors (Lipinski definition) is 1. The molecule has 2 amide bonds. The van der Waals surface area contributed by atoms with Crippen molar-refractivity contribution in [2.75, 3.05) is 0 Å². The molecule has 0 saturated heterocycles. The van der Waals surface area contributed by atoms with Crippen LogP contribution in [0.4, 0.5) is 0 Å². The summed E-state index contributed by atoms with van der Waals surface area (Å²) in [5.74, 6) is -0.193. The van der Waals surface area contributed by atoms with E-state index in [4.69, 9.17) is 11.6 Å². The van der Waals surface area contributed by atoms with E-state index < -0.39 is 6.04 Å². The van der Waals surface area contributed by atoms with E-state index >= 15 is 0 Å². The van der Waals surface area contributed by atoms with Gasteiger partial charge in [0.1, 0.15) is 6.04 Å². The molecule has 4 rings (SSSR count). The highest BCUT2D eigenvalue weighted by Gasteiger charge is 2.30. The smallest absolute Gasteiger partial charge is 0.243 e. The number of amides is 2. The van der Waals surface area contributed by atoms with Crippen molar-refractivity contribution < 1.29 is 9.59 Å². The maximum atomic E-state index is 13.9. The van der Waals surface area contributed by atoms with Crippen LogP contribution >= 0.6 is 11.6 Å².